The molecule has 2 rings (SSSR count). The third-order valence-corrected chi connectivity index (χ3v) is 3.78. The van der Waals surface area contributed by atoms with E-state index >= 15 is 0 Å². The second-order valence-electron chi connectivity index (χ2n) is 5.70. The van der Waals surface area contributed by atoms with E-state index in [2.05, 4.69) is 11.9 Å². The number of ketones is 1. The van der Waals surface area contributed by atoms with Crippen LogP contribution in [0.3, 0.4) is 0 Å². The van der Waals surface area contributed by atoms with Crippen molar-refractivity contribution in [2.45, 2.75) is 6.42 Å². The first-order valence-corrected chi connectivity index (χ1v) is 8.60. The zero-order valence-electron chi connectivity index (χ0n) is 15.0. The number of nitrogens with one attached hydrogen (secondary N) is 1. The summed E-state index contributed by atoms with van der Waals surface area (Å²) in [5.41, 5.74) is 0.680. The van der Waals surface area contributed by atoms with Crippen LogP contribution in [-0.4, -0.2) is 25.5 Å². The molecule has 0 aliphatic carbocycles. The number of hydrogen-bond donors (Lipinski definition) is 1. The number of rotatable bonds is 10. The van der Waals surface area contributed by atoms with Crippen LogP contribution in [0.25, 0.3) is 0 Å². The van der Waals surface area contributed by atoms with Crippen LogP contribution < -0.4 is 10.1 Å². The minimum absolute atomic E-state index is 0.0735. The monoisotopic (exact) mass is 364 g/mol. The largest absolute Gasteiger partial charge is 0.486 e. The fourth-order valence-corrected chi connectivity index (χ4v) is 2.37. The van der Waals surface area contributed by atoms with E-state index in [1.54, 1.807) is 30.3 Å². The number of hydrogen-bond acceptors (Lipinski definition) is 4. The average molecular weight is 364 g/mol. The fraction of sp³-hybridized carbons (Fsp3) is 0.182. The molecule has 0 unspecified atom stereocenters. The number of halogens is 1. The van der Waals surface area contributed by atoms with Gasteiger partial charge >= 0.3 is 0 Å². The summed E-state index contributed by atoms with van der Waals surface area (Å²) in [7, 11) is 0. The summed E-state index contributed by atoms with van der Waals surface area (Å²) in [6.07, 6.45) is 6.44. The maximum absolute atomic E-state index is 14.2. The molecule has 0 aliphatic heterocycles. The summed E-state index contributed by atoms with van der Waals surface area (Å²) < 4.78 is 19.6. The molecular weight excluding hydrogens is 343 g/mol. The molecule has 0 saturated carbocycles. The van der Waals surface area contributed by atoms with Gasteiger partial charge in [-0.3, -0.25) is 4.79 Å². The van der Waals surface area contributed by atoms with Crippen molar-refractivity contribution in [3.63, 3.8) is 0 Å². The van der Waals surface area contributed by atoms with E-state index in [9.17, 15) is 9.18 Å². The molecule has 1 N–H and O–H groups in total. The Balaban J connectivity index is 1.95. The highest BCUT2D eigenvalue weighted by atomic mass is 19.1. The highest BCUT2D eigenvalue weighted by Crippen LogP contribution is 2.21. The van der Waals surface area contributed by atoms with E-state index in [0.29, 0.717) is 6.54 Å². The normalized spacial score (nSPS) is 10.5. The molecule has 0 bridgehead atoms. The zero-order valence-corrected chi connectivity index (χ0v) is 15.0. The second-order valence-corrected chi connectivity index (χ2v) is 5.70. The van der Waals surface area contributed by atoms with Gasteiger partial charge in [0.15, 0.2) is 17.3 Å². The van der Waals surface area contributed by atoms with Crippen molar-refractivity contribution < 1.29 is 13.9 Å². The van der Waals surface area contributed by atoms with Crippen LogP contribution in [0.1, 0.15) is 27.9 Å². The molecule has 138 valence electrons. The standard InChI is InChI=1S/C22H21FN2O2/c1-2-3-12-25-13-6-7-14-27-21-11-10-17(15-20(21)23)22(26)19-9-5-4-8-18(19)16-24/h2,4-11,15,25H,1,3,12-14H2. The molecule has 5 heteroatoms. The third-order valence-electron chi connectivity index (χ3n) is 3.78. The molecule has 0 aromatic heterocycles. The summed E-state index contributed by atoms with van der Waals surface area (Å²) in [5, 5.41) is 12.3. The smallest absolute Gasteiger partial charge is 0.194 e. The molecule has 0 saturated heterocycles. The van der Waals surface area contributed by atoms with Crippen LogP contribution in [0.2, 0.25) is 0 Å². The topological polar surface area (TPSA) is 62.1 Å². The van der Waals surface area contributed by atoms with Crippen LogP contribution in [0.15, 0.2) is 67.3 Å². The molecule has 0 atom stereocenters. The Morgan fingerprint density at radius 3 is 2.81 bits per heavy atom. The van der Waals surface area contributed by atoms with E-state index in [-0.39, 0.29) is 29.0 Å². The second kappa shape index (κ2) is 10.7. The van der Waals surface area contributed by atoms with Gasteiger partial charge in [0.2, 0.25) is 0 Å². The Kier molecular flexibility index (Phi) is 7.95. The van der Waals surface area contributed by atoms with Gasteiger partial charge in [-0.25, -0.2) is 4.39 Å². The Labute approximate surface area is 158 Å². The number of carbonyl (C=O) groups is 1. The van der Waals surface area contributed by atoms with E-state index in [0.717, 1.165) is 19.0 Å². The van der Waals surface area contributed by atoms with E-state index in [1.807, 2.05) is 18.2 Å². The van der Waals surface area contributed by atoms with Crippen LogP contribution in [0, 0.1) is 17.1 Å². The Morgan fingerprint density at radius 1 is 1.26 bits per heavy atom. The molecule has 2 aromatic rings. The number of nitrogens with zero attached hydrogens (tertiary/aromatic N) is 1. The van der Waals surface area contributed by atoms with Gasteiger partial charge in [-0.05, 0) is 43.3 Å². The van der Waals surface area contributed by atoms with Crippen molar-refractivity contribution in [3.05, 3.63) is 89.8 Å². The predicted molar refractivity (Wildman–Crippen MR) is 103 cm³/mol. The number of nitriles is 1. The van der Waals surface area contributed by atoms with Crippen molar-refractivity contribution in [1.82, 2.24) is 5.32 Å². The average Bonchev–Trinajstić information content (AvgIpc) is 2.70. The van der Waals surface area contributed by atoms with Crippen molar-refractivity contribution in [3.8, 4) is 11.8 Å². The predicted octanol–water partition coefficient (Wildman–Crippen LogP) is 4.03. The van der Waals surface area contributed by atoms with Gasteiger partial charge in [0, 0.05) is 17.7 Å². The van der Waals surface area contributed by atoms with E-state index in [4.69, 9.17) is 10.00 Å². The van der Waals surface area contributed by atoms with E-state index in [1.165, 1.54) is 12.1 Å². The lowest BCUT2D eigenvalue weighted by Gasteiger charge is -2.07. The maximum atomic E-state index is 14.2. The molecule has 0 fully saturated rings. The molecule has 0 spiro atoms. The summed E-state index contributed by atoms with van der Waals surface area (Å²) in [4.78, 5) is 12.5. The van der Waals surface area contributed by atoms with Gasteiger partial charge in [0.1, 0.15) is 6.61 Å². The third kappa shape index (κ3) is 5.91. The van der Waals surface area contributed by atoms with Gasteiger partial charge < -0.3 is 10.1 Å². The minimum atomic E-state index is -0.618. The van der Waals surface area contributed by atoms with Crippen LogP contribution in [-0.2, 0) is 0 Å². The van der Waals surface area contributed by atoms with Crippen molar-refractivity contribution in [2.24, 2.45) is 0 Å². The van der Waals surface area contributed by atoms with Crippen molar-refractivity contribution >= 4 is 5.78 Å². The van der Waals surface area contributed by atoms with Crippen molar-refractivity contribution in [2.75, 3.05) is 19.7 Å². The van der Waals surface area contributed by atoms with E-state index < -0.39 is 11.6 Å². The molecule has 0 radical (unpaired) electrons. The van der Waals surface area contributed by atoms with Crippen LogP contribution in [0.5, 0.6) is 5.75 Å². The molecule has 0 amide bonds. The Bertz CT molecular complexity index is 869. The summed E-state index contributed by atoms with van der Waals surface area (Å²) in [5.74, 6) is -0.944. The Morgan fingerprint density at radius 2 is 2.07 bits per heavy atom. The maximum Gasteiger partial charge on any atom is 0.194 e. The van der Waals surface area contributed by atoms with Crippen molar-refractivity contribution in [1.29, 1.82) is 5.26 Å². The molecule has 27 heavy (non-hydrogen) atoms. The summed E-state index contributed by atoms with van der Waals surface area (Å²) >= 11 is 0. The van der Waals surface area contributed by atoms with Crippen LogP contribution >= 0.6 is 0 Å². The summed E-state index contributed by atoms with van der Waals surface area (Å²) in [6, 6.07) is 12.5. The molecule has 0 heterocycles. The van der Waals surface area contributed by atoms with Gasteiger partial charge in [-0.15, -0.1) is 6.58 Å². The lowest BCUT2D eigenvalue weighted by Crippen LogP contribution is -2.14. The fourth-order valence-electron chi connectivity index (χ4n) is 2.37. The SMILES string of the molecule is C=CCCNCC=CCOc1ccc(C(=O)c2ccccc2C#N)cc1F. The number of carbonyl (C=O) groups excluding carboxylic acids is 1. The van der Waals surface area contributed by atoms with Gasteiger partial charge in [-0.2, -0.15) is 5.26 Å². The van der Waals surface area contributed by atoms with Gasteiger partial charge in [-0.1, -0.05) is 30.4 Å². The Hall–Kier alpha value is -3.23. The first kappa shape index (κ1) is 20.1. The first-order chi connectivity index (χ1) is 13.2. The number of benzene rings is 2. The first-order valence-electron chi connectivity index (χ1n) is 8.60. The van der Waals surface area contributed by atoms with Gasteiger partial charge in [0.05, 0.1) is 11.6 Å². The molecular formula is C22H21FN2O2. The lowest BCUT2D eigenvalue weighted by atomic mass is 9.99. The quantitative estimate of drug-likeness (QED) is 0.393. The highest BCUT2D eigenvalue weighted by Gasteiger charge is 2.15. The summed E-state index contributed by atoms with van der Waals surface area (Å²) in [6.45, 7) is 5.43. The zero-order chi connectivity index (χ0) is 19.5. The molecule has 0 aliphatic rings. The van der Waals surface area contributed by atoms with Crippen LogP contribution in [0.4, 0.5) is 4.39 Å². The minimum Gasteiger partial charge on any atom is -0.486 e. The molecule has 4 nitrogen and oxygen atoms in total. The number of ether oxygens (including phenoxy) is 1. The van der Waals surface area contributed by atoms with Gasteiger partial charge in [0.25, 0.3) is 0 Å². The highest BCUT2D eigenvalue weighted by molar-refractivity contribution is 6.10. The lowest BCUT2D eigenvalue weighted by molar-refractivity contribution is 0.103. The molecule has 2 aromatic carbocycles.